The van der Waals surface area contributed by atoms with E-state index in [-0.39, 0.29) is 30.3 Å². The summed E-state index contributed by atoms with van der Waals surface area (Å²) in [6, 6.07) is 15.1. The number of hydrogen-bond donors (Lipinski definition) is 2. The van der Waals surface area contributed by atoms with Crippen LogP contribution in [0.3, 0.4) is 0 Å². The lowest BCUT2D eigenvalue weighted by Gasteiger charge is -2.35. The van der Waals surface area contributed by atoms with E-state index in [1.165, 1.54) is 0 Å². The molecular weight excluding hydrogens is 418 g/mol. The number of nitrogens with zero attached hydrogens (tertiary/aromatic N) is 1. The topological polar surface area (TPSA) is 79.9 Å². The molecule has 1 fully saturated rings. The maximum absolute atomic E-state index is 12.8. The van der Waals surface area contributed by atoms with Gasteiger partial charge in [0.2, 0.25) is 0 Å². The third kappa shape index (κ3) is 7.79. The van der Waals surface area contributed by atoms with Crippen molar-refractivity contribution >= 4 is 11.9 Å². The van der Waals surface area contributed by atoms with E-state index in [1.807, 2.05) is 81.1 Å². The molecule has 178 valence electrons. The van der Waals surface area contributed by atoms with Gasteiger partial charge in [0.15, 0.2) is 0 Å². The Kier molecular flexibility index (Phi) is 8.72. The Morgan fingerprint density at radius 3 is 2.18 bits per heavy atom. The number of hydrogen-bond acceptors (Lipinski definition) is 4. The minimum Gasteiger partial charge on any atom is -0.491 e. The second-order valence-corrected chi connectivity index (χ2v) is 8.83. The van der Waals surface area contributed by atoms with Gasteiger partial charge >= 0.3 is 6.03 Å². The van der Waals surface area contributed by atoms with Gasteiger partial charge in [-0.15, -0.1) is 0 Å². The van der Waals surface area contributed by atoms with Gasteiger partial charge in [-0.2, -0.15) is 0 Å². The highest BCUT2D eigenvalue weighted by Gasteiger charge is 2.26. The second-order valence-electron chi connectivity index (χ2n) is 8.83. The number of morpholine rings is 1. The van der Waals surface area contributed by atoms with Gasteiger partial charge < -0.3 is 25.0 Å². The van der Waals surface area contributed by atoms with E-state index in [0.29, 0.717) is 31.7 Å². The molecule has 3 amide bonds. The Labute approximate surface area is 196 Å². The maximum Gasteiger partial charge on any atom is 0.315 e. The molecule has 0 aliphatic carbocycles. The van der Waals surface area contributed by atoms with Crippen LogP contribution < -0.4 is 15.4 Å². The van der Waals surface area contributed by atoms with Crippen molar-refractivity contribution in [3.05, 3.63) is 65.2 Å². The summed E-state index contributed by atoms with van der Waals surface area (Å²) >= 11 is 0. The van der Waals surface area contributed by atoms with Crippen molar-refractivity contribution in [1.82, 2.24) is 15.5 Å². The molecule has 0 spiro atoms. The van der Waals surface area contributed by atoms with Crippen LogP contribution in [-0.2, 0) is 17.7 Å². The molecule has 2 N–H and O–H groups in total. The molecule has 1 saturated heterocycles. The molecule has 2 aromatic carbocycles. The zero-order valence-electron chi connectivity index (χ0n) is 20.0. The van der Waals surface area contributed by atoms with Crippen LogP contribution in [0.25, 0.3) is 0 Å². The summed E-state index contributed by atoms with van der Waals surface area (Å²) in [5.74, 6) is 0.860. The second kappa shape index (κ2) is 11.7. The Balaban J connectivity index is 1.39. The Bertz CT molecular complexity index is 902. The first-order chi connectivity index (χ1) is 15.8. The van der Waals surface area contributed by atoms with Crippen molar-refractivity contribution in [2.45, 2.75) is 59.0 Å². The lowest BCUT2D eigenvalue weighted by Crippen LogP contribution is -2.48. The van der Waals surface area contributed by atoms with Crippen molar-refractivity contribution in [3.63, 3.8) is 0 Å². The van der Waals surface area contributed by atoms with Crippen LogP contribution in [0.2, 0.25) is 0 Å². The van der Waals surface area contributed by atoms with Gasteiger partial charge in [0, 0.05) is 31.7 Å². The summed E-state index contributed by atoms with van der Waals surface area (Å²) in [7, 11) is 0. The molecule has 0 aromatic heterocycles. The minimum atomic E-state index is -0.216. The normalized spacial score (nSPS) is 18.2. The number of urea groups is 1. The first-order valence-electron chi connectivity index (χ1n) is 11.6. The molecule has 1 aliphatic heterocycles. The van der Waals surface area contributed by atoms with Gasteiger partial charge in [0.05, 0.1) is 18.3 Å². The van der Waals surface area contributed by atoms with Crippen LogP contribution in [0, 0.1) is 0 Å². The molecular formula is C26H35N3O4. The Hall–Kier alpha value is -3.06. The molecule has 1 heterocycles. The fourth-order valence-corrected chi connectivity index (χ4v) is 3.86. The highest BCUT2D eigenvalue weighted by molar-refractivity contribution is 5.94. The molecule has 33 heavy (non-hydrogen) atoms. The third-order valence-electron chi connectivity index (χ3n) is 5.36. The van der Waals surface area contributed by atoms with Gasteiger partial charge in [-0.25, -0.2) is 4.79 Å². The number of carbonyl (C=O) groups is 2. The van der Waals surface area contributed by atoms with E-state index in [9.17, 15) is 9.59 Å². The van der Waals surface area contributed by atoms with Crippen LogP contribution in [0.1, 0.15) is 49.2 Å². The van der Waals surface area contributed by atoms with Crippen molar-refractivity contribution < 1.29 is 19.1 Å². The summed E-state index contributed by atoms with van der Waals surface area (Å²) in [5.41, 5.74) is 2.72. The van der Waals surface area contributed by atoms with E-state index in [4.69, 9.17) is 9.47 Å². The van der Waals surface area contributed by atoms with Crippen molar-refractivity contribution in [3.8, 4) is 5.75 Å². The average Bonchev–Trinajstić information content (AvgIpc) is 2.78. The standard InChI is InChI=1S/C26H35N3O4/c1-18(2)32-24-11-7-21(8-12-24)13-14-27-26(31)28-15-22-5-9-23(10-6-22)25(30)29-16-19(3)33-20(4)17-29/h5-12,18-20H,13-17H2,1-4H3,(H2,27,28,31). The first-order valence-corrected chi connectivity index (χ1v) is 11.6. The summed E-state index contributed by atoms with van der Waals surface area (Å²) in [6.45, 7) is 10.1. The lowest BCUT2D eigenvalue weighted by molar-refractivity contribution is -0.0586. The molecule has 2 unspecified atom stereocenters. The van der Waals surface area contributed by atoms with Crippen molar-refractivity contribution in [1.29, 1.82) is 0 Å². The van der Waals surface area contributed by atoms with Crippen LogP contribution in [0.4, 0.5) is 4.79 Å². The van der Waals surface area contributed by atoms with Crippen molar-refractivity contribution in [2.75, 3.05) is 19.6 Å². The summed E-state index contributed by atoms with van der Waals surface area (Å²) < 4.78 is 11.3. The number of benzene rings is 2. The van der Waals surface area contributed by atoms with Crippen molar-refractivity contribution in [2.24, 2.45) is 0 Å². The molecule has 0 radical (unpaired) electrons. The maximum atomic E-state index is 12.8. The lowest BCUT2D eigenvalue weighted by atomic mass is 10.1. The molecule has 0 saturated carbocycles. The number of nitrogens with one attached hydrogen (secondary N) is 2. The van der Waals surface area contributed by atoms with E-state index >= 15 is 0 Å². The van der Waals surface area contributed by atoms with Gasteiger partial charge in [0.25, 0.3) is 5.91 Å². The predicted octanol–water partition coefficient (Wildman–Crippen LogP) is 3.77. The molecule has 2 aromatic rings. The summed E-state index contributed by atoms with van der Waals surface area (Å²) in [5, 5.41) is 5.73. The molecule has 2 atom stereocenters. The molecule has 7 nitrogen and oxygen atoms in total. The van der Waals surface area contributed by atoms with Crippen LogP contribution in [-0.4, -0.2) is 54.8 Å². The zero-order valence-corrected chi connectivity index (χ0v) is 20.0. The fourth-order valence-electron chi connectivity index (χ4n) is 3.86. The Morgan fingerprint density at radius 1 is 0.970 bits per heavy atom. The number of ether oxygens (including phenoxy) is 2. The molecule has 1 aliphatic rings. The largest absolute Gasteiger partial charge is 0.491 e. The third-order valence-corrected chi connectivity index (χ3v) is 5.36. The Morgan fingerprint density at radius 2 is 1.58 bits per heavy atom. The van der Waals surface area contributed by atoms with E-state index in [2.05, 4.69) is 10.6 Å². The van der Waals surface area contributed by atoms with E-state index in [1.54, 1.807) is 0 Å². The molecule has 3 rings (SSSR count). The zero-order chi connectivity index (χ0) is 23.8. The van der Waals surface area contributed by atoms with Gasteiger partial charge in [0.1, 0.15) is 5.75 Å². The number of carbonyl (C=O) groups excluding carboxylic acids is 2. The smallest absolute Gasteiger partial charge is 0.315 e. The highest BCUT2D eigenvalue weighted by Crippen LogP contribution is 2.15. The van der Waals surface area contributed by atoms with Crippen LogP contribution in [0.5, 0.6) is 5.75 Å². The van der Waals surface area contributed by atoms with Gasteiger partial charge in [-0.1, -0.05) is 24.3 Å². The van der Waals surface area contributed by atoms with Gasteiger partial charge in [-0.3, -0.25) is 4.79 Å². The fraction of sp³-hybridized carbons (Fsp3) is 0.462. The molecule has 7 heteroatoms. The quantitative estimate of drug-likeness (QED) is 0.638. The van der Waals surface area contributed by atoms with Crippen LogP contribution in [0.15, 0.2) is 48.5 Å². The van der Waals surface area contributed by atoms with Crippen LogP contribution >= 0.6 is 0 Å². The average molecular weight is 454 g/mol. The number of amides is 3. The van der Waals surface area contributed by atoms with E-state index < -0.39 is 0 Å². The summed E-state index contributed by atoms with van der Waals surface area (Å²) in [6.07, 6.45) is 0.969. The highest BCUT2D eigenvalue weighted by atomic mass is 16.5. The van der Waals surface area contributed by atoms with Gasteiger partial charge in [-0.05, 0) is 69.5 Å². The number of rotatable bonds is 8. The first kappa shape index (κ1) is 24.6. The summed E-state index contributed by atoms with van der Waals surface area (Å²) in [4.78, 5) is 26.7. The van der Waals surface area contributed by atoms with E-state index in [0.717, 1.165) is 23.3 Å². The molecule has 0 bridgehead atoms. The monoisotopic (exact) mass is 453 g/mol. The SMILES string of the molecule is CC(C)Oc1ccc(CCNC(=O)NCc2ccc(C(=O)N3CC(C)OC(C)C3)cc2)cc1. The minimum absolute atomic E-state index is 0.0121. The predicted molar refractivity (Wildman–Crippen MR) is 129 cm³/mol.